The first kappa shape index (κ1) is 28.6. The summed E-state index contributed by atoms with van der Waals surface area (Å²) in [4.78, 5) is 30.3. The van der Waals surface area contributed by atoms with E-state index in [2.05, 4.69) is 20.8 Å². The molecule has 1 aliphatic heterocycles. The van der Waals surface area contributed by atoms with Gasteiger partial charge in [0, 0.05) is 35.3 Å². The molecule has 11 heteroatoms. The lowest BCUT2D eigenvalue weighted by Gasteiger charge is -2.14. The van der Waals surface area contributed by atoms with Crippen molar-refractivity contribution in [1.29, 1.82) is 0 Å². The smallest absolute Gasteiger partial charge is 0.244 e. The number of halogens is 1. The van der Waals surface area contributed by atoms with Crippen LogP contribution < -0.4 is 15.4 Å². The van der Waals surface area contributed by atoms with Crippen LogP contribution in [0.4, 0.5) is 0 Å². The number of phenols is 1. The second kappa shape index (κ2) is 12.7. The highest BCUT2D eigenvalue weighted by atomic mass is 35.5. The average Bonchev–Trinajstić information content (AvgIpc) is 3.31. The number of hydrogen-bond acceptors (Lipinski definition) is 7. The maximum atomic E-state index is 13.1. The van der Waals surface area contributed by atoms with Crippen LogP contribution in [0.2, 0.25) is 5.02 Å². The molecule has 0 bridgehead atoms. The highest BCUT2D eigenvalue weighted by molar-refractivity contribution is 6.30. The van der Waals surface area contributed by atoms with Gasteiger partial charge in [0.2, 0.25) is 11.8 Å². The number of phenolic OH excluding ortho intramolecular Hbond substituents is 1. The van der Waals surface area contributed by atoms with Gasteiger partial charge in [-0.05, 0) is 61.0 Å². The predicted octanol–water partition coefficient (Wildman–Crippen LogP) is 4.17. The Hall–Kier alpha value is -4.96. The maximum Gasteiger partial charge on any atom is 0.244 e. The zero-order valence-corrected chi connectivity index (χ0v) is 23.8. The number of ether oxygens (including phenoxy) is 1. The van der Waals surface area contributed by atoms with Gasteiger partial charge in [-0.1, -0.05) is 35.9 Å². The molecule has 10 nitrogen and oxygen atoms in total. The molecular weight excluding hydrogens is 556 g/mol. The Morgan fingerprint density at radius 3 is 2.60 bits per heavy atom. The molecule has 1 aromatic heterocycles. The number of carbonyl (C=O) groups excluding carboxylic acids is 2. The second-order valence-corrected chi connectivity index (χ2v) is 10.0. The number of amides is 2. The maximum absolute atomic E-state index is 13.1. The molecule has 1 atom stereocenters. The van der Waals surface area contributed by atoms with Crippen molar-refractivity contribution in [3.05, 3.63) is 106 Å². The van der Waals surface area contributed by atoms with Crippen LogP contribution in [0.5, 0.6) is 11.5 Å². The monoisotopic (exact) mass is 584 g/mol. The first-order valence-electron chi connectivity index (χ1n) is 13.3. The van der Waals surface area contributed by atoms with Crippen molar-refractivity contribution in [3.63, 3.8) is 0 Å². The SMILES string of the molecule is COc1ccc2c(c1)C(c1ccc(Cl)cc1)=N[C@@H](CC(=O)NCCNC(=O)/C=C/c1cccc(O)c1)c1nnc(C)n1-2. The lowest BCUT2D eigenvalue weighted by Crippen LogP contribution is -2.34. The van der Waals surface area contributed by atoms with E-state index < -0.39 is 6.04 Å². The number of carbonyl (C=O) groups is 2. The molecule has 4 aromatic rings. The van der Waals surface area contributed by atoms with Crippen molar-refractivity contribution in [1.82, 2.24) is 25.4 Å². The second-order valence-electron chi connectivity index (χ2n) is 9.60. The molecule has 2 amide bonds. The predicted molar refractivity (Wildman–Crippen MR) is 160 cm³/mol. The molecule has 0 aliphatic carbocycles. The minimum Gasteiger partial charge on any atom is -0.508 e. The quantitative estimate of drug-likeness (QED) is 0.200. The number of nitrogens with zero attached hydrogens (tertiary/aromatic N) is 4. The Bertz CT molecular complexity index is 1680. The third-order valence-electron chi connectivity index (χ3n) is 6.67. The van der Waals surface area contributed by atoms with Gasteiger partial charge in [0.25, 0.3) is 0 Å². The van der Waals surface area contributed by atoms with Gasteiger partial charge in [-0.3, -0.25) is 19.1 Å². The number of nitrogens with one attached hydrogen (secondary N) is 2. The van der Waals surface area contributed by atoms with E-state index >= 15 is 0 Å². The van der Waals surface area contributed by atoms with Crippen LogP contribution in [0.15, 0.2) is 77.8 Å². The molecule has 214 valence electrons. The van der Waals surface area contributed by atoms with Crippen molar-refractivity contribution in [2.24, 2.45) is 4.99 Å². The first-order chi connectivity index (χ1) is 20.3. The lowest BCUT2D eigenvalue weighted by atomic mass is 10.00. The summed E-state index contributed by atoms with van der Waals surface area (Å²) >= 11 is 6.16. The molecule has 42 heavy (non-hydrogen) atoms. The van der Waals surface area contributed by atoms with Gasteiger partial charge >= 0.3 is 0 Å². The Kier molecular flexibility index (Phi) is 8.63. The first-order valence-corrected chi connectivity index (χ1v) is 13.7. The van der Waals surface area contributed by atoms with Crippen LogP contribution in [0.3, 0.4) is 0 Å². The molecule has 0 saturated carbocycles. The van der Waals surface area contributed by atoms with E-state index in [0.29, 0.717) is 33.7 Å². The molecular formula is C31H29ClN6O4. The van der Waals surface area contributed by atoms with Crippen molar-refractivity contribution >= 4 is 35.2 Å². The molecule has 0 unspecified atom stereocenters. The molecule has 3 N–H and O–H groups in total. The van der Waals surface area contributed by atoms with Crippen LogP contribution in [-0.2, 0) is 9.59 Å². The van der Waals surface area contributed by atoms with Crippen molar-refractivity contribution in [2.45, 2.75) is 19.4 Å². The van der Waals surface area contributed by atoms with Gasteiger partial charge in [0.1, 0.15) is 23.4 Å². The van der Waals surface area contributed by atoms with Gasteiger partial charge in [-0.2, -0.15) is 0 Å². The van der Waals surface area contributed by atoms with E-state index in [0.717, 1.165) is 16.8 Å². The van der Waals surface area contributed by atoms with Gasteiger partial charge in [-0.15, -0.1) is 10.2 Å². The Balaban J connectivity index is 1.32. The molecule has 0 saturated heterocycles. The van der Waals surface area contributed by atoms with Crippen LogP contribution in [0.25, 0.3) is 11.8 Å². The zero-order chi connectivity index (χ0) is 29.6. The summed E-state index contributed by atoms with van der Waals surface area (Å²) in [6.45, 7) is 2.32. The number of hydrogen-bond donors (Lipinski definition) is 3. The van der Waals surface area contributed by atoms with Gasteiger partial charge in [0.05, 0.1) is 24.9 Å². The third-order valence-corrected chi connectivity index (χ3v) is 6.92. The number of aromatic hydroxyl groups is 1. The van der Waals surface area contributed by atoms with Crippen LogP contribution in [-0.4, -0.2) is 57.6 Å². The standard InChI is InChI=1S/C31H29ClN6O4/c1-19-36-37-31-26(18-29(41)34-15-14-33-28(40)13-6-20-4-3-5-23(39)16-20)35-30(21-7-9-22(32)10-8-21)25-17-24(42-2)11-12-27(25)38(19)31/h3-13,16-17,26,39H,14-15,18H2,1-2H3,(H,33,40)(H,34,41)/b13-6+/t26-/m0/s1. The number of methoxy groups -OCH3 is 1. The van der Waals surface area contributed by atoms with E-state index in [4.69, 9.17) is 21.3 Å². The molecule has 0 spiro atoms. The summed E-state index contributed by atoms with van der Waals surface area (Å²) in [6.07, 6.45) is 2.99. The fourth-order valence-electron chi connectivity index (χ4n) is 4.67. The molecule has 2 heterocycles. The normalized spacial score (nSPS) is 14.0. The van der Waals surface area contributed by atoms with E-state index in [-0.39, 0.29) is 37.1 Å². The number of rotatable bonds is 9. The number of aryl methyl sites for hydroxylation is 1. The number of aliphatic imine (C=N–C) groups is 1. The van der Waals surface area contributed by atoms with Crippen LogP contribution in [0.1, 0.15) is 40.8 Å². The molecule has 1 aliphatic rings. The molecule has 5 rings (SSSR count). The third kappa shape index (κ3) is 6.50. The summed E-state index contributed by atoms with van der Waals surface area (Å²) in [5, 5.41) is 24.4. The topological polar surface area (TPSA) is 131 Å². The minimum atomic E-state index is -0.630. The van der Waals surface area contributed by atoms with Gasteiger partial charge < -0.3 is 20.5 Å². The zero-order valence-electron chi connectivity index (χ0n) is 23.0. The van der Waals surface area contributed by atoms with Crippen LogP contribution >= 0.6 is 11.6 Å². The lowest BCUT2D eigenvalue weighted by molar-refractivity contribution is -0.122. The Morgan fingerprint density at radius 1 is 1.05 bits per heavy atom. The summed E-state index contributed by atoms with van der Waals surface area (Å²) in [5.41, 5.74) is 3.84. The highest BCUT2D eigenvalue weighted by Gasteiger charge is 2.30. The van der Waals surface area contributed by atoms with Crippen molar-refractivity contribution < 1.29 is 19.4 Å². The highest BCUT2D eigenvalue weighted by Crippen LogP contribution is 2.34. The summed E-state index contributed by atoms with van der Waals surface area (Å²) in [7, 11) is 1.60. The molecule has 0 fully saturated rings. The minimum absolute atomic E-state index is 0.0195. The van der Waals surface area contributed by atoms with Crippen LogP contribution in [0, 0.1) is 6.92 Å². The van der Waals surface area contributed by atoms with E-state index in [1.165, 1.54) is 6.08 Å². The van der Waals surface area contributed by atoms with Crippen molar-refractivity contribution in [3.8, 4) is 17.2 Å². The largest absolute Gasteiger partial charge is 0.508 e. The van der Waals surface area contributed by atoms with Gasteiger partial charge in [0.15, 0.2) is 5.82 Å². The molecule has 3 aromatic carbocycles. The number of benzene rings is 3. The fourth-order valence-corrected chi connectivity index (χ4v) is 4.80. The van der Waals surface area contributed by atoms with Gasteiger partial charge in [-0.25, -0.2) is 0 Å². The summed E-state index contributed by atoms with van der Waals surface area (Å²) in [5.74, 6) is 1.43. The Morgan fingerprint density at radius 2 is 1.83 bits per heavy atom. The van der Waals surface area contributed by atoms with E-state index in [9.17, 15) is 14.7 Å². The van der Waals surface area contributed by atoms with E-state index in [1.54, 1.807) is 49.6 Å². The number of fused-ring (bicyclic) bond motifs is 3. The molecule has 0 radical (unpaired) electrons. The van der Waals surface area contributed by atoms with E-state index in [1.807, 2.05) is 41.8 Å². The fraction of sp³-hybridized carbons (Fsp3) is 0.194. The van der Waals surface area contributed by atoms with Crippen molar-refractivity contribution in [2.75, 3.05) is 20.2 Å². The summed E-state index contributed by atoms with van der Waals surface area (Å²) < 4.78 is 7.42. The summed E-state index contributed by atoms with van der Waals surface area (Å²) in [6, 6.07) is 19.0. The Labute approximate surface area is 247 Å². The average molecular weight is 585 g/mol. The number of aromatic nitrogens is 3.